The highest BCUT2D eigenvalue weighted by atomic mass is 32.1. The van der Waals surface area contributed by atoms with Gasteiger partial charge in [0.05, 0.1) is 12.8 Å². The van der Waals surface area contributed by atoms with E-state index in [0.29, 0.717) is 22.0 Å². The van der Waals surface area contributed by atoms with Gasteiger partial charge in [-0.1, -0.05) is 12.1 Å². The SMILES string of the molecule is COc1cccc(-c2nc(-c3ccc(F)cc3)c(C(=O)O)s2)c1. The van der Waals surface area contributed by atoms with Gasteiger partial charge in [-0.2, -0.15) is 0 Å². The molecule has 3 aromatic rings. The maximum absolute atomic E-state index is 13.1. The minimum Gasteiger partial charge on any atom is -0.497 e. The van der Waals surface area contributed by atoms with E-state index in [1.165, 1.54) is 24.3 Å². The Morgan fingerprint density at radius 3 is 2.57 bits per heavy atom. The van der Waals surface area contributed by atoms with Crippen molar-refractivity contribution in [3.05, 3.63) is 59.2 Å². The van der Waals surface area contributed by atoms with Crippen LogP contribution in [0.5, 0.6) is 5.75 Å². The molecule has 0 bridgehead atoms. The van der Waals surface area contributed by atoms with Crippen LogP contribution in [0.2, 0.25) is 0 Å². The molecule has 1 heterocycles. The van der Waals surface area contributed by atoms with E-state index in [2.05, 4.69) is 4.98 Å². The van der Waals surface area contributed by atoms with Crippen LogP contribution < -0.4 is 4.74 Å². The van der Waals surface area contributed by atoms with E-state index in [4.69, 9.17) is 4.74 Å². The number of halogens is 1. The van der Waals surface area contributed by atoms with Gasteiger partial charge in [-0.15, -0.1) is 11.3 Å². The molecule has 0 saturated carbocycles. The topological polar surface area (TPSA) is 59.4 Å². The lowest BCUT2D eigenvalue weighted by Gasteiger charge is -2.01. The van der Waals surface area contributed by atoms with Crippen molar-refractivity contribution in [3.8, 4) is 27.6 Å². The Kier molecular flexibility index (Phi) is 4.08. The van der Waals surface area contributed by atoms with Gasteiger partial charge in [-0.3, -0.25) is 0 Å². The van der Waals surface area contributed by atoms with Crippen LogP contribution in [0, 0.1) is 5.82 Å². The van der Waals surface area contributed by atoms with E-state index in [-0.39, 0.29) is 10.7 Å². The molecule has 0 aliphatic carbocycles. The molecule has 0 aliphatic rings. The van der Waals surface area contributed by atoms with Crippen LogP contribution in [0.25, 0.3) is 21.8 Å². The first-order chi connectivity index (χ1) is 11.1. The van der Waals surface area contributed by atoms with Crippen molar-refractivity contribution in [2.75, 3.05) is 7.11 Å². The molecule has 6 heteroatoms. The first-order valence-corrected chi connectivity index (χ1v) is 7.54. The van der Waals surface area contributed by atoms with E-state index >= 15 is 0 Å². The summed E-state index contributed by atoms with van der Waals surface area (Å²) in [4.78, 5) is 16.1. The molecule has 1 N–H and O–H groups in total. The van der Waals surface area contributed by atoms with Gasteiger partial charge in [0.15, 0.2) is 0 Å². The maximum atomic E-state index is 13.1. The third kappa shape index (κ3) is 3.07. The molecule has 0 saturated heterocycles. The number of carbonyl (C=O) groups is 1. The molecule has 0 atom stereocenters. The molecule has 0 unspecified atom stereocenters. The van der Waals surface area contributed by atoms with Crippen LogP contribution in [0.4, 0.5) is 4.39 Å². The zero-order valence-corrected chi connectivity index (χ0v) is 12.9. The lowest BCUT2D eigenvalue weighted by molar-refractivity contribution is 0.0702. The van der Waals surface area contributed by atoms with Gasteiger partial charge in [0.1, 0.15) is 21.5 Å². The van der Waals surface area contributed by atoms with Gasteiger partial charge in [0, 0.05) is 11.1 Å². The highest BCUT2D eigenvalue weighted by Gasteiger charge is 2.19. The second kappa shape index (κ2) is 6.18. The van der Waals surface area contributed by atoms with Gasteiger partial charge < -0.3 is 9.84 Å². The lowest BCUT2D eigenvalue weighted by Crippen LogP contribution is -1.95. The summed E-state index contributed by atoms with van der Waals surface area (Å²) in [5.74, 6) is -0.775. The van der Waals surface area contributed by atoms with Crippen molar-refractivity contribution in [2.24, 2.45) is 0 Å². The summed E-state index contributed by atoms with van der Waals surface area (Å²) in [6.45, 7) is 0. The molecule has 3 rings (SSSR count). The second-order valence-electron chi connectivity index (χ2n) is 4.74. The molecule has 2 aromatic carbocycles. The fourth-order valence-corrected chi connectivity index (χ4v) is 3.07. The molecule has 0 radical (unpaired) electrons. The molecule has 4 nitrogen and oxygen atoms in total. The summed E-state index contributed by atoms with van der Waals surface area (Å²) in [5, 5.41) is 9.98. The molecule has 1 aromatic heterocycles. The monoisotopic (exact) mass is 329 g/mol. The third-order valence-electron chi connectivity index (χ3n) is 3.26. The number of aromatic nitrogens is 1. The molecule has 0 amide bonds. The van der Waals surface area contributed by atoms with Crippen molar-refractivity contribution in [3.63, 3.8) is 0 Å². The molecular formula is C17H12FNO3S. The standard InChI is InChI=1S/C17H12FNO3S/c1-22-13-4-2-3-11(9-13)16-19-14(15(23-16)17(20)21)10-5-7-12(18)8-6-10/h2-9H,1H3,(H,20,21). The zero-order valence-electron chi connectivity index (χ0n) is 12.1. The summed E-state index contributed by atoms with van der Waals surface area (Å²) >= 11 is 1.08. The number of aromatic carboxylic acids is 1. The summed E-state index contributed by atoms with van der Waals surface area (Å²) in [5.41, 5.74) is 1.67. The van der Waals surface area contributed by atoms with Crippen LogP contribution in [0.1, 0.15) is 9.67 Å². The van der Waals surface area contributed by atoms with Crippen molar-refractivity contribution in [1.82, 2.24) is 4.98 Å². The van der Waals surface area contributed by atoms with Crippen LogP contribution >= 0.6 is 11.3 Å². The predicted octanol–water partition coefficient (Wildman–Crippen LogP) is 4.32. The minimum absolute atomic E-state index is 0.120. The highest BCUT2D eigenvalue weighted by Crippen LogP contribution is 2.35. The second-order valence-corrected chi connectivity index (χ2v) is 5.74. The Balaban J connectivity index is 2.12. The van der Waals surface area contributed by atoms with Crippen LogP contribution in [0.15, 0.2) is 48.5 Å². The van der Waals surface area contributed by atoms with Gasteiger partial charge in [-0.25, -0.2) is 14.2 Å². The summed E-state index contributed by atoms with van der Waals surface area (Å²) in [6.07, 6.45) is 0. The number of carboxylic acids is 1. The van der Waals surface area contributed by atoms with Crippen molar-refractivity contribution in [2.45, 2.75) is 0 Å². The Morgan fingerprint density at radius 2 is 1.91 bits per heavy atom. The molecule has 0 aliphatic heterocycles. The predicted molar refractivity (Wildman–Crippen MR) is 86.5 cm³/mol. The number of thiazole rings is 1. The maximum Gasteiger partial charge on any atom is 0.348 e. The smallest absolute Gasteiger partial charge is 0.348 e. The molecule has 23 heavy (non-hydrogen) atoms. The van der Waals surface area contributed by atoms with Crippen molar-refractivity contribution in [1.29, 1.82) is 0 Å². The largest absolute Gasteiger partial charge is 0.497 e. The summed E-state index contributed by atoms with van der Waals surface area (Å²) in [7, 11) is 1.56. The Labute approximate surface area is 135 Å². The summed E-state index contributed by atoms with van der Waals surface area (Å²) < 4.78 is 18.2. The number of ether oxygens (including phenoxy) is 1. The lowest BCUT2D eigenvalue weighted by atomic mass is 10.1. The Bertz CT molecular complexity index is 859. The fraction of sp³-hybridized carbons (Fsp3) is 0.0588. The number of nitrogens with zero attached hydrogens (tertiary/aromatic N) is 1. The molecule has 0 spiro atoms. The van der Waals surface area contributed by atoms with E-state index in [1.807, 2.05) is 12.1 Å². The van der Waals surface area contributed by atoms with Gasteiger partial charge >= 0.3 is 5.97 Å². The number of hydrogen-bond acceptors (Lipinski definition) is 4. The average Bonchev–Trinajstić information content (AvgIpc) is 3.01. The Hall–Kier alpha value is -2.73. The van der Waals surface area contributed by atoms with Crippen molar-refractivity contribution < 1.29 is 19.0 Å². The average molecular weight is 329 g/mol. The first kappa shape index (κ1) is 15.2. The van der Waals surface area contributed by atoms with E-state index < -0.39 is 5.97 Å². The van der Waals surface area contributed by atoms with E-state index in [0.717, 1.165) is 16.9 Å². The quantitative estimate of drug-likeness (QED) is 0.774. The van der Waals surface area contributed by atoms with Crippen molar-refractivity contribution >= 4 is 17.3 Å². The zero-order chi connectivity index (χ0) is 16.4. The van der Waals surface area contributed by atoms with Crippen LogP contribution in [-0.4, -0.2) is 23.2 Å². The first-order valence-electron chi connectivity index (χ1n) is 6.73. The number of carboxylic acid groups (broad SMARTS) is 1. The van der Waals surface area contributed by atoms with E-state index in [1.54, 1.807) is 19.2 Å². The molecule has 0 fully saturated rings. The number of benzene rings is 2. The van der Waals surface area contributed by atoms with Gasteiger partial charge in [-0.05, 0) is 36.4 Å². The van der Waals surface area contributed by atoms with Crippen LogP contribution in [-0.2, 0) is 0 Å². The third-order valence-corrected chi connectivity index (χ3v) is 4.35. The minimum atomic E-state index is -1.06. The number of rotatable bonds is 4. The Morgan fingerprint density at radius 1 is 1.17 bits per heavy atom. The number of methoxy groups -OCH3 is 1. The fourth-order valence-electron chi connectivity index (χ4n) is 2.15. The molecular weight excluding hydrogens is 317 g/mol. The summed E-state index contributed by atoms with van der Waals surface area (Å²) in [6, 6.07) is 12.8. The van der Waals surface area contributed by atoms with Gasteiger partial charge in [0.25, 0.3) is 0 Å². The van der Waals surface area contributed by atoms with Crippen LogP contribution in [0.3, 0.4) is 0 Å². The van der Waals surface area contributed by atoms with E-state index in [9.17, 15) is 14.3 Å². The normalized spacial score (nSPS) is 10.5. The van der Waals surface area contributed by atoms with Gasteiger partial charge in [0.2, 0.25) is 0 Å². The number of hydrogen-bond donors (Lipinski definition) is 1. The highest BCUT2D eigenvalue weighted by molar-refractivity contribution is 7.17. The molecule has 116 valence electrons.